The molecule has 3 aromatic carbocycles. The van der Waals surface area contributed by atoms with Crippen LogP contribution in [0.4, 0.5) is 0 Å². The van der Waals surface area contributed by atoms with E-state index < -0.39 is 0 Å². The Bertz CT molecular complexity index is 1440. The summed E-state index contributed by atoms with van der Waals surface area (Å²) in [5.41, 5.74) is 4.93. The van der Waals surface area contributed by atoms with E-state index in [1.54, 1.807) is 0 Å². The zero-order chi connectivity index (χ0) is 17.1. The van der Waals surface area contributed by atoms with Crippen LogP contribution in [0.2, 0.25) is 0 Å². The molecule has 0 unspecified atom stereocenters. The molecular formula is C24H16N2. The van der Waals surface area contributed by atoms with Crippen molar-refractivity contribution in [3.05, 3.63) is 100 Å². The van der Waals surface area contributed by atoms with Crippen molar-refractivity contribution < 1.29 is 0 Å². The molecule has 1 aliphatic heterocycles. The summed E-state index contributed by atoms with van der Waals surface area (Å²) in [4.78, 5) is 5.02. The molecule has 1 aromatic heterocycles. The van der Waals surface area contributed by atoms with Crippen LogP contribution >= 0.6 is 0 Å². The van der Waals surface area contributed by atoms with Gasteiger partial charge in [-0.05, 0) is 36.3 Å². The monoisotopic (exact) mass is 332 g/mol. The Labute approximate surface area is 150 Å². The number of fused-ring (bicyclic) bond motifs is 5. The summed E-state index contributed by atoms with van der Waals surface area (Å²) in [5.74, 6) is 0. The van der Waals surface area contributed by atoms with Crippen molar-refractivity contribution in [3.63, 3.8) is 0 Å². The number of hydrogen-bond donors (Lipinski definition) is 0. The first-order valence-electron chi connectivity index (χ1n) is 8.98. The average molecular weight is 332 g/mol. The van der Waals surface area contributed by atoms with Crippen molar-refractivity contribution in [2.75, 3.05) is 0 Å². The van der Waals surface area contributed by atoms with Gasteiger partial charge in [-0.3, -0.25) is 0 Å². The highest BCUT2D eigenvalue weighted by Gasteiger charge is 2.20. The number of nitrogens with zero attached hydrogens (tertiary/aromatic N) is 2. The van der Waals surface area contributed by atoms with Crippen molar-refractivity contribution in [1.29, 1.82) is 0 Å². The van der Waals surface area contributed by atoms with E-state index in [0.29, 0.717) is 0 Å². The second-order valence-electron chi connectivity index (χ2n) is 6.81. The minimum absolute atomic E-state index is 0.923. The fourth-order valence-corrected chi connectivity index (χ4v) is 4.31. The maximum absolute atomic E-state index is 5.02. The van der Waals surface area contributed by atoms with E-state index in [9.17, 15) is 0 Å². The van der Waals surface area contributed by atoms with Gasteiger partial charge in [-0.2, -0.15) is 0 Å². The van der Waals surface area contributed by atoms with Gasteiger partial charge >= 0.3 is 0 Å². The van der Waals surface area contributed by atoms with Crippen molar-refractivity contribution in [2.24, 2.45) is 4.99 Å². The van der Waals surface area contributed by atoms with E-state index >= 15 is 0 Å². The van der Waals surface area contributed by atoms with Crippen molar-refractivity contribution in [2.45, 2.75) is 6.42 Å². The van der Waals surface area contributed by atoms with E-state index in [1.807, 2.05) is 0 Å². The van der Waals surface area contributed by atoms with Gasteiger partial charge in [-0.25, -0.2) is 4.99 Å². The first kappa shape index (κ1) is 13.9. The molecule has 0 saturated carbocycles. The topological polar surface area (TPSA) is 17.3 Å². The summed E-state index contributed by atoms with van der Waals surface area (Å²) in [6, 6.07) is 27.7. The van der Waals surface area contributed by atoms with Crippen LogP contribution in [-0.4, -0.2) is 4.57 Å². The third-order valence-corrected chi connectivity index (χ3v) is 5.41. The number of hydrogen-bond acceptors (Lipinski definition) is 1. The lowest BCUT2D eigenvalue weighted by Crippen LogP contribution is -2.33. The zero-order valence-corrected chi connectivity index (χ0v) is 14.2. The molecule has 0 bridgehead atoms. The van der Waals surface area contributed by atoms with Gasteiger partial charge in [-0.1, -0.05) is 60.7 Å². The van der Waals surface area contributed by atoms with E-state index in [-0.39, 0.29) is 0 Å². The molecule has 0 saturated heterocycles. The fourth-order valence-electron chi connectivity index (χ4n) is 4.31. The van der Waals surface area contributed by atoms with Crippen LogP contribution in [0.1, 0.15) is 6.42 Å². The Hall–Kier alpha value is -3.39. The molecule has 1 aliphatic carbocycles. The lowest BCUT2D eigenvalue weighted by molar-refractivity contribution is 1.06. The summed E-state index contributed by atoms with van der Waals surface area (Å²) in [6.45, 7) is 0. The smallest absolute Gasteiger partial charge is 0.0779 e. The third kappa shape index (κ3) is 1.73. The normalized spacial score (nSPS) is 14.5. The first-order valence-corrected chi connectivity index (χ1v) is 8.98. The summed E-state index contributed by atoms with van der Waals surface area (Å²) in [7, 11) is 0. The Kier molecular flexibility index (Phi) is 2.69. The molecule has 2 heteroatoms. The van der Waals surface area contributed by atoms with E-state index in [2.05, 4.69) is 89.5 Å². The SMILES string of the molecule is C1=c2c(c3ccccc3n2-c2ccccc2)=C2N=c3ccccc3=C2C1. The van der Waals surface area contributed by atoms with Gasteiger partial charge in [0, 0.05) is 21.5 Å². The second-order valence-corrected chi connectivity index (χ2v) is 6.81. The Morgan fingerprint density at radius 2 is 1.54 bits per heavy atom. The van der Waals surface area contributed by atoms with Crippen LogP contribution in [0.5, 0.6) is 0 Å². The quantitative estimate of drug-likeness (QED) is 0.509. The predicted octanol–water partition coefficient (Wildman–Crippen LogP) is 2.41. The first-order chi connectivity index (χ1) is 12.9. The van der Waals surface area contributed by atoms with Crippen LogP contribution in [0.25, 0.3) is 33.9 Å². The van der Waals surface area contributed by atoms with Crippen molar-refractivity contribution in [1.82, 2.24) is 4.57 Å². The average Bonchev–Trinajstić information content (AvgIpc) is 3.24. The van der Waals surface area contributed by atoms with Crippen molar-refractivity contribution in [3.8, 4) is 5.69 Å². The minimum Gasteiger partial charge on any atom is -0.309 e. The van der Waals surface area contributed by atoms with Crippen LogP contribution < -0.4 is 21.1 Å². The van der Waals surface area contributed by atoms with E-state index in [4.69, 9.17) is 4.99 Å². The van der Waals surface area contributed by atoms with E-state index in [1.165, 1.54) is 37.9 Å². The summed E-state index contributed by atoms with van der Waals surface area (Å²) in [5, 5.41) is 6.16. The standard InChI is InChI=1S/C24H16N2/c1-2-8-16(9-3-1)26-21-13-7-5-11-19(21)23-22(26)15-14-18-17-10-4-6-12-20(17)25-24(18)23/h1-13,15H,14H2. The Morgan fingerprint density at radius 1 is 0.769 bits per heavy atom. The molecule has 4 aromatic rings. The molecule has 0 N–H and O–H groups in total. The predicted molar refractivity (Wildman–Crippen MR) is 106 cm³/mol. The molecule has 26 heavy (non-hydrogen) atoms. The Balaban J connectivity index is 1.87. The summed E-state index contributed by atoms with van der Waals surface area (Å²) >= 11 is 0. The van der Waals surface area contributed by atoms with Crippen LogP contribution in [0.15, 0.2) is 83.9 Å². The number of aromatic nitrogens is 1. The van der Waals surface area contributed by atoms with E-state index in [0.717, 1.165) is 17.5 Å². The van der Waals surface area contributed by atoms with Gasteiger partial charge in [0.1, 0.15) is 0 Å². The van der Waals surface area contributed by atoms with Gasteiger partial charge in [0.05, 0.1) is 21.9 Å². The molecule has 2 nitrogen and oxygen atoms in total. The van der Waals surface area contributed by atoms with Crippen LogP contribution in [0.3, 0.4) is 0 Å². The molecule has 2 heterocycles. The number of para-hydroxylation sites is 3. The molecule has 0 amide bonds. The third-order valence-electron chi connectivity index (χ3n) is 5.41. The molecular weight excluding hydrogens is 316 g/mol. The highest BCUT2D eigenvalue weighted by atomic mass is 15.0. The number of benzene rings is 3. The maximum atomic E-state index is 5.02. The highest BCUT2D eigenvalue weighted by molar-refractivity contribution is 5.98. The van der Waals surface area contributed by atoms with Gasteiger partial charge in [0.25, 0.3) is 0 Å². The molecule has 6 rings (SSSR count). The van der Waals surface area contributed by atoms with Gasteiger partial charge in [0.2, 0.25) is 0 Å². The second kappa shape index (κ2) is 5.06. The fraction of sp³-hybridized carbons (Fsp3) is 0.0417. The molecule has 2 aliphatic rings. The van der Waals surface area contributed by atoms with Crippen molar-refractivity contribution >= 4 is 28.2 Å². The minimum atomic E-state index is 0.923. The van der Waals surface area contributed by atoms with Gasteiger partial charge in [0.15, 0.2) is 0 Å². The molecule has 0 radical (unpaired) electrons. The zero-order valence-electron chi connectivity index (χ0n) is 14.2. The van der Waals surface area contributed by atoms with Crippen LogP contribution in [-0.2, 0) is 0 Å². The van der Waals surface area contributed by atoms with Gasteiger partial charge < -0.3 is 4.57 Å². The van der Waals surface area contributed by atoms with Crippen LogP contribution in [0, 0.1) is 0 Å². The molecule has 0 atom stereocenters. The molecule has 122 valence electrons. The summed E-state index contributed by atoms with van der Waals surface area (Å²) < 4.78 is 2.37. The maximum Gasteiger partial charge on any atom is 0.0779 e. The molecule has 0 fully saturated rings. The lowest BCUT2D eigenvalue weighted by atomic mass is 10.0. The highest BCUT2D eigenvalue weighted by Crippen LogP contribution is 2.24. The largest absolute Gasteiger partial charge is 0.309 e. The summed E-state index contributed by atoms with van der Waals surface area (Å²) in [6.07, 6.45) is 3.28. The molecule has 0 spiro atoms. The van der Waals surface area contributed by atoms with Gasteiger partial charge in [-0.15, -0.1) is 0 Å². The lowest BCUT2D eigenvalue weighted by Gasteiger charge is -2.09. The number of rotatable bonds is 1. The Morgan fingerprint density at radius 3 is 2.46 bits per heavy atom.